The molecule has 1 aromatic rings. The maximum absolute atomic E-state index is 5.26. The number of ether oxygens (including phenoxy) is 1. The average Bonchev–Trinajstić information content (AvgIpc) is 2.39. The highest BCUT2D eigenvalue weighted by Gasteiger charge is 2.19. The van der Waals surface area contributed by atoms with Gasteiger partial charge in [0.15, 0.2) is 0 Å². The summed E-state index contributed by atoms with van der Waals surface area (Å²) in [5.41, 5.74) is 2.74. The van der Waals surface area contributed by atoms with Crippen molar-refractivity contribution < 1.29 is 4.74 Å². The summed E-state index contributed by atoms with van der Waals surface area (Å²) in [5, 5.41) is 0. The van der Waals surface area contributed by atoms with E-state index >= 15 is 0 Å². The molecule has 0 bridgehead atoms. The van der Waals surface area contributed by atoms with E-state index in [1.165, 1.54) is 49.7 Å². The molecule has 0 amide bonds. The van der Waals surface area contributed by atoms with Gasteiger partial charge >= 0.3 is 0 Å². The fourth-order valence-corrected chi connectivity index (χ4v) is 4.01. The number of hydrogen-bond donors (Lipinski definition) is 0. The number of aryl methyl sites for hydroxylation is 1. The van der Waals surface area contributed by atoms with Crippen LogP contribution in [-0.4, -0.2) is 7.11 Å². The van der Waals surface area contributed by atoms with Crippen molar-refractivity contribution in [3.8, 4) is 5.75 Å². The molecular weight excluding hydrogens is 288 g/mol. The Bertz CT molecular complexity index is 383. The van der Waals surface area contributed by atoms with Crippen molar-refractivity contribution in [1.82, 2.24) is 0 Å². The third kappa shape index (κ3) is 3.50. The molecule has 18 heavy (non-hydrogen) atoms. The van der Waals surface area contributed by atoms with Crippen LogP contribution in [0.25, 0.3) is 0 Å². The molecule has 1 fully saturated rings. The third-order valence-electron chi connectivity index (χ3n) is 4.08. The standard InChI is InChI=1S/C16H23BrO/c1-12-10-14(18-2)8-9-15(12)16(17)11-13-6-4-3-5-7-13/h8-10,13,16H,3-7,11H2,1-2H3. The Hall–Kier alpha value is -0.500. The number of halogens is 1. The van der Waals surface area contributed by atoms with Crippen molar-refractivity contribution in [3.63, 3.8) is 0 Å². The van der Waals surface area contributed by atoms with Gasteiger partial charge in [-0.2, -0.15) is 0 Å². The highest BCUT2D eigenvalue weighted by molar-refractivity contribution is 9.09. The quantitative estimate of drug-likeness (QED) is 0.676. The maximum atomic E-state index is 5.26. The molecule has 0 radical (unpaired) electrons. The first-order chi connectivity index (χ1) is 8.70. The van der Waals surface area contributed by atoms with Gasteiger partial charge in [-0.05, 0) is 42.5 Å². The first-order valence-corrected chi connectivity index (χ1v) is 7.91. The summed E-state index contributed by atoms with van der Waals surface area (Å²) in [5.74, 6) is 1.86. The second-order valence-electron chi connectivity index (χ2n) is 5.43. The van der Waals surface area contributed by atoms with E-state index in [1.54, 1.807) is 7.11 Å². The zero-order chi connectivity index (χ0) is 13.0. The summed E-state index contributed by atoms with van der Waals surface area (Å²) in [7, 11) is 1.72. The Kier molecular flexibility index (Phi) is 5.11. The van der Waals surface area contributed by atoms with Gasteiger partial charge in [0, 0.05) is 4.83 Å². The summed E-state index contributed by atoms with van der Waals surface area (Å²) in [6, 6.07) is 6.40. The first-order valence-electron chi connectivity index (χ1n) is 6.99. The van der Waals surface area contributed by atoms with E-state index in [2.05, 4.69) is 41.1 Å². The number of hydrogen-bond acceptors (Lipinski definition) is 1. The highest BCUT2D eigenvalue weighted by Crippen LogP contribution is 2.38. The summed E-state index contributed by atoms with van der Waals surface area (Å²) in [4.78, 5) is 0.492. The molecule has 1 aliphatic rings. The second kappa shape index (κ2) is 6.60. The van der Waals surface area contributed by atoms with Crippen molar-refractivity contribution in [2.75, 3.05) is 7.11 Å². The van der Waals surface area contributed by atoms with E-state index in [-0.39, 0.29) is 0 Å². The van der Waals surface area contributed by atoms with Crippen LogP contribution in [0, 0.1) is 12.8 Å². The van der Waals surface area contributed by atoms with E-state index in [9.17, 15) is 0 Å². The lowest BCUT2D eigenvalue weighted by atomic mass is 9.85. The highest BCUT2D eigenvalue weighted by atomic mass is 79.9. The molecule has 1 nitrogen and oxygen atoms in total. The lowest BCUT2D eigenvalue weighted by molar-refractivity contribution is 0.338. The molecule has 0 aliphatic heterocycles. The van der Waals surface area contributed by atoms with E-state index in [0.717, 1.165) is 11.7 Å². The Labute approximate surface area is 119 Å². The van der Waals surface area contributed by atoms with Gasteiger partial charge in [-0.25, -0.2) is 0 Å². The molecule has 1 atom stereocenters. The van der Waals surface area contributed by atoms with Crippen LogP contribution in [0.1, 0.15) is 54.5 Å². The minimum Gasteiger partial charge on any atom is -0.497 e. The minimum atomic E-state index is 0.492. The van der Waals surface area contributed by atoms with Crippen molar-refractivity contribution in [2.24, 2.45) is 5.92 Å². The Morgan fingerprint density at radius 1 is 1.28 bits per heavy atom. The van der Waals surface area contributed by atoms with Crippen molar-refractivity contribution in [2.45, 2.75) is 50.3 Å². The van der Waals surface area contributed by atoms with Crippen molar-refractivity contribution >= 4 is 15.9 Å². The molecule has 0 aromatic heterocycles. The number of alkyl halides is 1. The molecule has 100 valence electrons. The lowest BCUT2D eigenvalue weighted by Gasteiger charge is -2.24. The summed E-state index contributed by atoms with van der Waals surface area (Å²) in [6.07, 6.45) is 8.38. The van der Waals surface area contributed by atoms with Gasteiger partial charge in [-0.15, -0.1) is 0 Å². The molecule has 0 spiro atoms. The number of rotatable bonds is 4. The first kappa shape index (κ1) is 13.9. The van der Waals surface area contributed by atoms with E-state index < -0.39 is 0 Å². The van der Waals surface area contributed by atoms with Crippen LogP contribution in [0.4, 0.5) is 0 Å². The zero-order valence-electron chi connectivity index (χ0n) is 11.4. The zero-order valence-corrected chi connectivity index (χ0v) is 13.0. The molecule has 1 aromatic carbocycles. The van der Waals surface area contributed by atoms with Gasteiger partial charge in [0.05, 0.1) is 7.11 Å². The molecule has 1 aliphatic carbocycles. The average molecular weight is 311 g/mol. The van der Waals surface area contributed by atoms with E-state index in [4.69, 9.17) is 4.74 Å². The number of methoxy groups -OCH3 is 1. The van der Waals surface area contributed by atoms with Crippen LogP contribution in [0.2, 0.25) is 0 Å². The van der Waals surface area contributed by atoms with Crippen molar-refractivity contribution in [3.05, 3.63) is 29.3 Å². The Morgan fingerprint density at radius 2 is 2.00 bits per heavy atom. The van der Waals surface area contributed by atoms with Gasteiger partial charge in [0.25, 0.3) is 0 Å². The SMILES string of the molecule is COc1ccc(C(Br)CC2CCCCC2)c(C)c1. The molecule has 1 unspecified atom stereocenters. The van der Waals surface area contributed by atoms with E-state index in [0.29, 0.717) is 4.83 Å². The van der Waals surface area contributed by atoms with Gasteiger partial charge in [0.2, 0.25) is 0 Å². The Morgan fingerprint density at radius 3 is 2.61 bits per heavy atom. The van der Waals surface area contributed by atoms with Gasteiger partial charge in [-0.3, -0.25) is 0 Å². The monoisotopic (exact) mass is 310 g/mol. The molecule has 1 saturated carbocycles. The molecule has 2 heteroatoms. The number of benzene rings is 1. The largest absolute Gasteiger partial charge is 0.497 e. The molecule has 0 N–H and O–H groups in total. The van der Waals surface area contributed by atoms with Gasteiger partial charge < -0.3 is 4.74 Å². The molecule has 0 saturated heterocycles. The van der Waals surface area contributed by atoms with Crippen LogP contribution in [0.5, 0.6) is 5.75 Å². The molecule has 0 heterocycles. The van der Waals surface area contributed by atoms with Crippen LogP contribution in [-0.2, 0) is 0 Å². The summed E-state index contributed by atoms with van der Waals surface area (Å²) >= 11 is 3.88. The normalized spacial score (nSPS) is 18.6. The predicted octanol–water partition coefficient (Wildman–Crippen LogP) is 5.41. The predicted molar refractivity (Wildman–Crippen MR) is 80.6 cm³/mol. The Balaban J connectivity index is 2.01. The minimum absolute atomic E-state index is 0.492. The fourth-order valence-electron chi connectivity index (χ4n) is 2.97. The van der Waals surface area contributed by atoms with Crippen molar-refractivity contribution in [1.29, 1.82) is 0 Å². The van der Waals surface area contributed by atoms with Gasteiger partial charge in [0.1, 0.15) is 5.75 Å². The third-order valence-corrected chi connectivity index (χ3v) is 4.95. The van der Waals surface area contributed by atoms with Crippen LogP contribution in [0.3, 0.4) is 0 Å². The van der Waals surface area contributed by atoms with Crippen LogP contribution < -0.4 is 4.74 Å². The topological polar surface area (TPSA) is 9.23 Å². The molecular formula is C16H23BrO. The van der Waals surface area contributed by atoms with Crippen LogP contribution >= 0.6 is 15.9 Å². The second-order valence-corrected chi connectivity index (χ2v) is 6.54. The maximum Gasteiger partial charge on any atom is 0.119 e. The lowest BCUT2D eigenvalue weighted by Crippen LogP contribution is -2.09. The summed E-state index contributed by atoms with van der Waals surface area (Å²) < 4.78 is 5.26. The van der Waals surface area contributed by atoms with E-state index in [1.807, 2.05) is 0 Å². The fraction of sp³-hybridized carbons (Fsp3) is 0.625. The molecule has 2 rings (SSSR count). The van der Waals surface area contributed by atoms with Gasteiger partial charge in [-0.1, -0.05) is 54.1 Å². The smallest absolute Gasteiger partial charge is 0.119 e. The summed E-state index contributed by atoms with van der Waals surface area (Å²) in [6.45, 7) is 2.17. The van der Waals surface area contributed by atoms with Crippen LogP contribution in [0.15, 0.2) is 18.2 Å².